The van der Waals surface area contributed by atoms with Crippen molar-refractivity contribution in [3.63, 3.8) is 0 Å². The molecular formula is C78H124O14. The van der Waals surface area contributed by atoms with E-state index in [0.29, 0.717) is 64.3 Å². The molecule has 3 saturated heterocycles. The van der Waals surface area contributed by atoms with Crippen molar-refractivity contribution >= 4 is 11.6 Å². The second-order valence-corrected chi connectivity index (χ2v) is 27.9. The van der Waals surface area contributed by atoms with Crippen LogP contribution in [-0.2, 0) is 40.3 Å². The summed E-state index contributed by atoms with van der Waals surface area (Å²) in [6.45, 7) is 17.3. The number of phenolic OH excluding ortho intramolecular Hbond substituents is 2. The number of aromatic hydroxyl groups is 2. The second kappa shape index (κ2) is 33.8. The molecule has 3 heterocycles. The molecule has 19 unspecified atom stereocenters. The van der Waals surface area contributed by atoms with E-state index in [1.807, 2.05) is 71.9 Å². The molecule has 9 aliphatic carbocycles. The maximum absolute atomic E-state index is 12.1. The number of hydrogen-bond donors (Lipinski definition) is 6. The van der Waals surface area contributed by atoms with Gasteiger partial charge in [0.05, 0.1) is 6.61 Å². The summed E-state index contributed by atoms with van der Waals surface area (Å²) in [4.78, 5) is 46.9. The third kappa shape index (κ3) is 14.5. The first-order valence-electron chi connectivity index (χ1n) is 35.5. The molecule has 2 spiro atoms. The van der Waals surface area contributed by atoms with Gasteiger partial charge in [-0.1, -0.05) is 177 Å². The van der Waals surface area contributed by atoms with Gasteiger partial charge in [0.15, 0.2) is 17.0 Å². The number of carbonyl (C=O) groups excluding carboxylic acids is 2. The molecule has 12 aliphatic rings. The number of hydrogen-bond acceptors (Lipinski definition) is 14. The first kappa shape index (κ1) is 77.1. The number of benzene rings is 3. The monoisotopic (exact) mass is 1280 g/mol. The van der Waals surface area contributed by atoms with E-state index >= 15 is 0 Å². The fraction of sp³-hybridized carbons (Fsp3) is 0.744. The summed E-state index contributed by atoms with van der Waals surface area (Å²) >= 11 is 0. The van der Waals surface area contributed by atoms with Crippen LogP contribution in [0.4, 0.5) is 0 Å². The lowest BCUT2D eigenvalue weighted by atomic mass is 9.46. The standard InChI is InChI=1S/C27H38O8.C21H28O3.C13H20O.C8H8O2.3C2H6.3CH4/c1-26(27(35-34-26)17-8-5-11-20(27)19-10-3-2-6-15(19)12-17)16-7-4-9-18(13-16)32-25-24(31)23(30)22(29)21(14-28)33-25;1-20(15-7-4-9-17(22)13-15)21(24-23-20)16-8-5-11-19(21)18-10-3-2-6-14(18)12-16;14-13-10-5-3-7-12(13)11-6-2-1-4-9(11)8-10;1-6(9)7-3-2-4-8(10)5-7;3*1-2;;;/h4,7,9,13,15,17,19-25,28-31H,2-3,5-6,8,10-12,14H2,1H3;4,7,9,13-14,16,18-19,22H,2-3,5-6,8,10-12H2,1H3;9-12H,1-8H2;2-5,10H,1H3;3*1-2H3;3*1H4/t15?,17?,19?,20?,21?,22?,23-,24?,25-,26?,27?;;;;;;;;;/m1........./s1. The van der Waals surface area contributed by atoms with Gasteiger partial charge in [-0.25, -0.2) is 19.6 Å². The molecular weight excluding hydrogens is 1160 g/mol. The molecule has 3 aromatic carbocycles. The molecule has 3 aromatic rings. The number of ether oxygens (including phenoxy) is 2. The first-order chi connectivity index (χ1) is 43.1. The van der Waals surface area contributed by atoms with Crippen molar-refractivity contribution in [2.45, 2.75) is 292 Å². The quantitative estimate of drug-likeness (QED) is 0.100. The molecule has 14 heteroatoms. The van der Waals surface area contributed by atoms with Crippen molar-refractivity contribution < 1.29 is 69.3 Å². The fourth-order valence-electron chi connectivity index (χ4n) is 19.9. The Morgan fingerprint density at radius 1 is 0.522 bits per heavy atom. The second-order valence-electron chi connectivity index (χ2n) is 27.9. The van der Waals surface area contributed by atoms with Gasteiger partial charge in [0.25, 0.3) is 0 Å². The largest absolute Gasteiger partial charge is 0.508 e. The molecule has 6 N–H and O–H groups in total. The molecule has 15 rings (SSSR count). The highest BCUT2D eigenvalue weighted by molar-refractivity contribution is 5.94. The normalized spacial score (nSPS) is 39.4. The van der Waals surface area contributed by atoms with Crippen molar-refractivity contribution in [2.75, 3.05) is 6.61 Å². The predicted molar refractivity (Wildman–Crippen MR) is 363 cm³/mol. The maximum Gasteiger partial charge on any atom is 0.229 e. The zero-order valence-electron chi connectivity index (χ0n) is 55.4. The lowest BCUT2D eigenvalue weighted by Crippen LogP contribution is -2.74. The van der Waals surface area contributed by atoms with Gasteiger partial charge in [-0.2, -0.15) is 0 Å². The molecule has 92 heavy (non-hydrogen) atoms. The van der Waals surface area contributed by atoms with Crippen LogP contribution in [0, 0.1) is 71.0 Å². The van der Waals surface area contributed by atoms with Crippen LogP contribution in [0.25, 0.3) is 0 Å². The highest BCUT2D eigenvalue weighted by atomic mass is 17.3. The lowest BCUT2D eigenvalue weighted by Gasteiger charge is -2.68. The van der Waals surface area contributed by atoms with Crippen LogP contribution >= 0.6 is 0 Å². The number of carbonyl (C=O) groups is 2. The Labute approximate surface area is 554 Å². The van der Waals surface area contributed by atoms with Crippen LogP contribution in [0.5, 0.6) is 17.2 Å². The van der Waals surface area contributed by atoms with Gasteiger partial charge in [-0.15, -0.1) is 0 Å². The van der Waals surface area contributed by atoms with E-state index in [1.165, 1.54) is 173 Å². The molecule has 0 radical (unpaired) electrons. The predicted octanol–water partition coefficient (Wildman–Crippen LogP) is 17.1. The molecule has 0 aromatic heterocycles. The van der Waals surface area contributed by atoms with E-state index < -0.39 is 48.5 Å². The average molecular weight is 1290 g/mol. The molecule has 6 bridgehead atoms. The molecule has 9 saturated carbocycles. The maximum atomic E-state index is 12.1. The molecule has 12 fully saturated rings. The summed E-state index contributed by atoms with van der Waals surface area (Å²) < 4.78 is 11.5. The number of ketones is 2. The third-order valence-electron chi connectivity index (χ3n) is 23.8. The topological polar surface area (TPSA) is 211 Å². The van der Waals surface area contributed by atoms with Crippen molar-refractivity contribution in [1.82, 2.24) is 0 Å². The smallest absolute Gasteiger partial charge is 0.229 e. The summed E-state index contributed by atoms with van der Waals surface area (Å²) in [5.74, 6) is 9.57. The van der Waals surface area contributed by atoms with Crippen LogP contribution in [0.2, 0.25) is 0 Å². The van der Waals surface area contributed by atoms with Crippen molar-refractivity contribution in [2.24, 2.45) is 71.0 Å². The van der Waals surface area contributed by atoms with Crippen molar-refractivity contribution in [3.05, 3.63) is 89.5 Å². The number of aliphatic hydroxyl groups is 4. The highest BCUT2D eigenvalue weighted by Gasteiger charge is 2.75. The Morgan fingerprint density at radius 3 is 1.47 bits per heavy atom. The average Bonchev–Trinajstić information content (AvgIpc) is 0.686. The van der Waals surface area contributed by atoms with Crippen molar-refractivity contribution in [1.29, 1.82) is 0 Å². The van der Waals surface area contributed by atoms with Crippen LogP contribution in [-0.4, -0.2) is 90.7 Å². The zero-order chi connectivity index (χ0) is 63.8. The summed E-state index contributed by atoms with van der Waals surface area (Å²) in [5.41, 5.74) is 1.00. The minimum atomic E-state index is -1.48. The van der Waals surface area contributed by atoms with Crippen molar-refractivity contribution in [3.8, 4) is 17.2 Å². The minimum Gasteiger partial charge on any atom is -0.508 e. The van der Waals surface area contributed by atoms with Gasteiger partial charge < -0.3 is 40.1 Å². The Hall–Kier alpha value is -3.96. The third-order valence-corrected chi connectivity index (χ3v) is 23.8. The Morgan fingerprint density at radius 2 is 0.989 bits per heavy atom. The summed E-state index contributed by atoms with van der Waals surface area (Å²) in [7, 11) is 0. The molecule has 21 atom stereocenters. The fourth-order valence-corrected chi connectivity index (χ4v) is 19.9. The molecule has 0 amide bonds. The number of Topliss-reactive ketones (excluding diaryl/α,β-unsaturated/α-hetero) is 2. The first-order valence-corrected chi connectivity index (χ1v) is 35.5. The minimum absolute atomic E-state index is 0. The van der Waals surface area contributed by atoms with E-state index in [1.54, 1.807) is 24.3 Å². The van der Waals surface area contributed by atoms with E-state index in [0.717, 1.165) is 40.7 Å². The Kier molecular flexibility index (Phi) is 28.3. The van der Waals surface area contributed by atoms with Crippen LogP contribution in [0.1, 0.15) is 260 Å². The van der Waals surface area contributed by atoms with Gasteiger partial charge in [-0.3, -0.25) is 9.59 Å². The van der Waals surface area contributed by atoms with Gasteiger partial charge >= 0.3 is 0 Å². The van der Waals surface area contributed by atoms with E-state index in [9.17, 15) is 35.1 Å². The van der Waals surface area contributed by atoms with Gasteiger partial charge in [0.1, 0.15) is 58.6 Å². The van der Waals surface area contributed by atoms with Gasteiger partial charge in [-0.05, 0) is 205 Å². The highest BCUT2D eigenvalue weighted by Crippen LogP contribution is 2.70. The van der Waals surface area contributed by atoms with Crippen LogP contribution < -0.4 is 4.74 Å². The zero-order valence-corrected chi connectivity index (χ0v) is 55.4. The van der Waals surface area contributed by atoms with E-state index in [2.05, 4.69) is 19.9 Å². The summed E-state index contributed by atoms with van der Waals surface area (Å²) in [6, 6.07) is 21.5. The van der Waals surface area contributed by atoms with E-state index in [4.69, 9.17) is 34.1 Å². The molecule has 14 nitrogen and oxygen atoms in total. The lowest BCUT2D eigenvalue weighted by molar-refractivity contribution is -0.590. The van der Waals surface area contributed by atoms with Gasteiger partial charge in [0.2, 0.25) is 6.29 Å². The number of rotatable bonds is 6. The SMILES string of the molecule is C.C.C.CC.CC.CC.CC(=O)c1cccc(O)c1.CC1(c2cccc(O)c2)OOC12C1CCCC2C2CCCCC2C1.CC1(c2cccc(O[C@@H]3OC(CO)C(O)[C@@H](O)C3O)c2)OOC12C1CCCC2C2CCCCC2C1.O=C1C2CCCC1C1CCCCC1C2. The Balaban J connectivity index is 0.000000204. The van der Waals surface area contributed by atoms with Crippen LogP contribution in [0.15, 0.2) is 72.8 Å². The molecule has 3 aliphatic heterocycles. The number of fused-ring (bicyclic) bond motifs is 8. The molecule has 520 valence electrons. The van der Waals surface area contributed by atoms with Crippen LogP contribution in [0.3, 0.4) is 0 Å². The van der Waals surface area contributed by atoms with Gasteiger partial charge in [0, 0.05) is 17.4 Å². The number of phenols is 2. The Bertz CT molecular complexity index is 2750. The van der Waals surface area contributed by atoms with E-state index in [-0.39, 0.29) is 45.0 Å². The summed E-state index contributed by atoms with van der Waals surface area (Å²) in [6.07, 6.45) is 24.8. The summed E-state index contributed by atoms with van der Waals surface area (Å²) in [5, 5.41) is 58.9. The number of aliphatic hydroxyl groups excluding tert-OH is 4.